The van der Waals surface area contributed by atoms with E-state index in [0.717, 1.165) is 18.4 Å². The van der Waals surface area contributed by atoms with E-state index in [4.69, 9.17) is 0 Å². The molecule has 1 aromatic rings. The molecule has 1 aromatic carbocycles. The molecule has 1 aliphatic rings. The second-order valence-corrected chi connectivity index (χ2v) is 8.19. The van der Waals surface area contributed by atoms with E-state index >= 15 is 0 Å². The third-order valence-corrected chi connectivity index (χ3v) is 5.34. The van der Waals surface area contributed by atoms with Crippen LogP contribution >= 0.6 is 0 Å². The number of nitrogens with one attached hydrogen (secondary N) is 1. The van der Waals surface area contributed by atoms with Gasteiger partial charge in [-0.3, -0.25) is 9.59 Å². The van der Waals surface area contributed by atoms with E-state index in [2.05, 4.69) is 5.32 Å². The van der Waals surface area contributed by atoms with Crippen LogP contribution < -0.4 is 5.32 Å². The Morgan fingerprint density at radius 3 is 2.54 bits per heavy atom. The summed E-state index contributed by atoms with van der Waals surface area (Å²) in [5.74, 6) is -0.0614. The number of hydrogen-bond acceptors (Lipinski definition) is 3. The number of carbonyl (C=O) groups excluding carboxylic acids is 2. The van der Waals surface area contributed by atoms with Gasteiger partial charge in [-0.05, 0) is 57.5 Å². The van der Waals surface area contributed by atoms with E-state index in [1.807, 2.05) is 25.1 Å². The van der Waals surface area contributed by atoms with Crippen molar-refractivity contribution >= 4 is 11.8 Å². The fourth-order valence-electron chi connectivity index (χ4n) is 3.73. The second-order valence-electron chi connectivity index (χ2n) is 8.19. The van der Waals surface area contributed by atoms with Crippen molar-refractivity contribution in [3.8, 4) is 0 Å². The lowest BCUT2D eigenvalue weighted by Crippen LogP contribution is -2.48. The van der Waals surface area contributed by atoms with Crippen molar-refractivity contribution in [2.75, 3.05) is 27.2 Å². The first kappa shape index (κ1) is 22.3. The highest BCUT2D eigenvalue weighted by molar-refractivity contribution is 5.87. The quantitative estimate of drug-likeness (QED) is 0.703. The highest BCUT2D eigenvalue weighted by atomic mass is 19.1. The standard InChI is InChI=1S/C22H34FN3O2/c1-17(24-21(27)15-18-8-5-4-6-9-18)22(28)26(13-12-25(2)3)16-19-10-7-11-20(23)14-19/h7,10-11,14,17-18H,4-6,8-9,12-13,15-16H2,1-3H3,(H,24,27). The zero-order valence-corrected chi connectivity index (χ0v) is 17.4. The molecule has 5 nitrogen and oxygen atoms in total. The lowest BCUT2D eigenvalue weighted by Gasteiger charge is -2.28. The van der Waals surface area contributed by atoms with Crippen LogP contribution in [0.5, 0.6) is 0 Å². The smallest absolute Gasteiger partial charge is 0.245 e. The Morgan fingerprint density at radius 2 is 1.89 bits per heavy atom. The molecule has 0 spiro atoms. The van der Waals surface area contributed by atoms with Crippen LogP contribution in [0.15, 0.2) is 24.3 Å². The average molecular weight is 392 g/mol. The average Bonchev–Trinajstić information content (AvgIpc) is 2.65. The zero-order chi connectivity index (χ0) is 20.5. The molecule has 0 aliphatic heterocycles. The van der Waals surface area contributed by atoms with Crippen LogP contribution in [0.25, 0.3) is 0 Å². The van der Waals surface area contributed by atoms with Crippen molar-refractivity contribution in [1.29, 1.82) is 0 Å². The largest absolute Gasteiger partial charge is 0.345 e. The third kappa shape index (κ3) is 7.58. The monoisotopic (exact) mass is 391 g/mol. The van der Waals surface area contributed by atoms with Gasteiger partial charge in [0, 0.05) is 26.1 Å². The van der Waals surface area contributed by atoms with Crippen LogP contribution in [0, 0.1) is 11.7 Å². The second kappa shape index (κ2) is 11.1. The maximum absolute atomic E-state index is 13.5. The fraction of sp³-hybridized carbons (Fsp3) is 0.636. The number of halogens is 1. The van der Waals surface area contributed by atoms with Gasteiger partial charge < -0.3 is 15.1 Å². The highest BCUT2D eigenvalue weighted by Gasteiger charge is 2.24. The molecule has 6 heteroatoms. The molecule has 0 aromatic heterocycles. The summed E-state index contributed by atoms with van der Waals surface area (Å²) < 4.78 is 13.5. The Morgan fingerprint density at radius 1 is 1.18 bits per heavy atom. The summed E-state index contributed by atoms with van der Waals surface area (Å²) in [4.78, 5) is 29.0. The van der Waals surface area contributed by atoms with Crippen LogP contribution in [-0.4, -0.2) is 54.8 Å². The predicted molar refractivity (Wildman–Crippen MR) is 109 cm³/mol. The normalized spacial score (nSPS) is 16.0. The fourth-order valence-corrected chi connectivity index (χ4v) is 3.73. The predicted octanol–water partition coefficient (Wildman–Crippen LogP) is 3.19. The maximum Gasteiger partial charge on any atom is 0.245 e. The minimum Gasteiger partial charge on any atom is -0.345 e. The summed E-state index contributed by atoms with van der Waals surface area (Å²) >= 11 is 0. The van der Waals surface area contributed by atoms with Crippen molar-refractivity contribution in [2.45, 2.75) is 58.0 Å². The molecular weight excluding hydrogens is 357 g/mol. The molecule has 2 amide bonds. The van der Waals surface area contributed by atoms with Gasteiger partial charge in [-0.15, -0.1) is 0 Å². The molecule has 1 unspecified atom stereocenters. The Balaban J connectivity index is 1.95. The molecule has 1 N–H and O–H groups in total. The molecule has 0 radical (unpaired) electrons. The number of rotatable bonds is 9. The number of benzene rings is 1. The molecule has 1 atom stereocenters. The molecule has 28 heavy (non-hydrogen) atoms. The SMILES string of the molecule is CC(NC(=O)CC1CCCCC1)C(=O)N(CCN(C)C)Cc1cccc(F)c1. The lowest BCUT2D eigenvalue weighted by molar-refractivity contribution is -0.136. The van der Waals surface area contributed by atoms with Gasteiger partial charge in [-0.2, -0.15) is 0 Å². The van der Waals surface area contributed by atoms with Gasteiger partial charge in [0.05, 0.1) is 0 Å². The van der Waals surface area contributed by atoms with E-state index < -0.39 is 6.04 Å². The van der Waals surface area contributed by atoms with E-state index in [1.54, 1.807) is 17.9 Å². The van der Waals surface area contributed by atoms with Gasteiger partial charge in [0.25, 0.3) is 0 Å². The van der Waals surface area contributed by atoms with Crippen LogP contribution in [0.4, 0.5) is 4.39 Å². The molecule has 1 fully saturated rings. The maximum atomic E-state index is 13.5. The Kier molecular flexibility index (Phi) is 8.90. The Labute approximate surface area is 168 Å². The van der Waals surface area contributed by atoms with E-state index in [9.17, 15) is 14.0 Å². The van der Waals surface area contributed by atoms with Crippen LogP contribution in [-0.2, 0) is 16.1 Å². The Hall–Kier alpha value is -1.95. The van der Waals surface area contributed by atoms with Crippen LogP contribution in [0.3, 0.4) is 0 Å². The lowest BCUT2D eigenvalue weighted by atomic mass is 9.87. The molecule has 0 heterocycles. The number of nitrogens with zero attached hydrogens (tertiary/aromatic N) is 2. The van der Waals surface area contributed by atoms with E-state index in [1.165, 1.54) is 31.4 Å². The molecular formula is C22H34FN3O2. The van der Waals surface area contributed by atoms with Gasteiger partial charge in [0.15, 0.2) is 0 Å². The minimum absolute atomic E-state index is 0.0499. The molecule has 2 rings (SSSR count). The van der Waals surface area contributed by atoms with Crippen molar-refractivity contribution < 1.29 is 14.0 Å². The first-order valence-corrected chi connectivity index (χ1v) is 10.3. The van der Waals surface area contributed by atoms with Crippen LogP contribution in [0.1, 0.15) is 51.0 Å². The van der Waals surface area contributed by atoms with E-state index in [-0.39, 0.29) is 17.6 Å². The van der Waals surface area contributed by atoms with Crippen molar-refractivity contribution in [1.82, 2.24) is 15.1 Å². The third-order valence-electron chi connectivity index (χ3n) is 5.34. The summed E-state index contributed by atoms with van der Waals surface area (Å²) in [6, 6.07) is 5.71. The van der Waals surface area contributed by atoms with Crippen molar-refractivity contribution in [3.05, 3.63) is 35.6 Å². The number of carbonyl (C=O) groups is 2. The highest BCUT2D eigenvalue weighted by Crippen LogP contribution is 2.26. The van der Waals surface area contributed by atoms with Gasteiger partial charge in [-0.25, -0.2) is 4.39 Å². The topological polar surface area (TPSA) is 52.7 Å². The van der Waals surface area contributed by atoms with Crippen LogP contribution in [0.2, 0.25) is 0 Å². The minimum atomic E-state index is -0.591. The van der Waals surface area contributed by atoms with E-state index in [0.29, 0.717) is 32.0 Å². The summed E-state index contributed by atoms with van der Waals surface area (Å²) in [6.07, 6.45) is 6.35. The van der Waals surface area contributed by atoms with Gasteiger partial charge in [-0.1, -0.05) is 31.4 Å². The summed E-state index contributed by atoms with van der Waals surface area (Å²) in [6.45, 7) is 3.28. The number of amides is 2. The first-order valence-electron chi connectivity index (χ1n) is 10.3. The van der Waals surface area contributed by atoms with Gasteiger partial charge in [0.1, 0.15) is 11.9 Å². The molecule has 0 bridgehead atoms. The molecule has 0 saturated heterocycles. The van der Waals surface area contributed by atoms with Crippen molar-refractivity contribution in [3.63, 3.8) is 0 Å². The molecule has 1 saturated carbocycles. The summed E-state index contributed by atoms with van der Waals surface area (Å²) in [5.41, 5.74) is 0.743. The number of likely N-dealkylation sites (N-methyl/N-ethyl adjacent to an activating group) is 1. The first-order chi connectivity index (χ1) is 13.3. The molecule has 156 valence electrons. The zero-order valence-electron chi connectivity index (χ0n) is 17.4. The summed E-state index contributed by atoms with van der Waals surface area (Å²) in [7, 11) is 3.89. The van der Waals surface area contributed by atoms with Crippen molar-refractivity contribution in [2.24, 2.45) is 5.92 Å². The Bertz CT molecular complexity index is 644. The molecule has 1 aliphatic carbocycles. The van der Waals surface area contributed by atoms with Gasteiger partial charge in [0.2, 0.25) is 11.8 Å². The summed E-state index contributed by atoms with van der Waals surface area (Å²) in [5, 5.41) is 2.87. The van der Waals surface area contributed by atoms with Gasteiger partial charge >= 0.3 is 0 Å². The number of hydrogen-bond donors (Lipinski definition) is 1.